The summed E-state index contributed by atoms with van der Waals surface area (Å²) >= 11 is 0. The van der Waals surface area contributed by atoms with Crippen LogP contribution in [0.5, 0.6) is 0 Å². The van der Waals surface area contributed by atoms with Gasteiger partial charge < -0.3 is 5.32 Å². The molecule has 0 saturated heterocycles. The quantitative estimate of drug-likeness (QED) is 0.618. The molecule has 1 atom stereocenters. The highest BCUT2D eigenvalue weighted by Crippen LogP contribution is 2.38. The predicted molar refractivity (Wildman–Crippen MR) is 76.0 cm³/mol. The van der Waals surface area contributed by atoms with Crippen LogP contribution in [0.2, 0.25) is 0 Å². The van der Waals surface area contributed by atoms with Gasteiger partial charge in [0.2, 0.25) is 0 Å². The Balaban J connectivity index is 2.21. The molecule has 1 heterocycles. The first-order valence-corrected chi connectivity index (χ1v) is 6.68. The zero-order valence-electron chi connectivity index (χ0n) is 12.5. The first-order chi connectivity index (χ1) is 11.4. The zero-order chi connectivity index (χ0) is 19.0. The van der Waals surface area contributed by atoms with Crippen LogP contribution in [0.4, 0.5) is 37.7 Å². The smallest absolute Gasteiger partial charge is 0.324 e. The molecule has 0 saturated carbocycles. The van der Waals surface area contributed by atoms with E-state index in [0.29, 0.717) is 6.07 Å². The Kier molecular flexibility index (Phi) is 4.42. The fourth-order valence-corrected chi connectivity index (χ4v) is 2.11. The number of alkyl halides is 6. The van der Waals surface area contributed by atoms with Crippen molar-refractivity contribution < 1.29 is 31.1 Å². The summed E-state index contributed by atoms with van der Waals surface area (Å²) in [6.45, 7) is 7.87. The molecule has 0 aliphatic carbocycles. The van der Waals surface area contributed by atoms with Crippen molar-refractivity contribution in [3.63, 3.8) is 0 Å². The Morgan fingerprint density at radius 1 is 1.28 bits per heavy atom. The maximum Gasteiger partial charge on any atom is 0.431 e. The van der Waals surface area contributed by atoms with Crippen molar-refractivity contribution in [2.24, 2.45) is 5.10 Å². The van der Waals surface area contributed by atoms with Crippen molar-refractivity contribution >= 4 is 23.0 Å². The summed E-state index contributed by atoms with van der Waals surface area (Å²) in [5.74, 6) is -0.987. The van der Waals surface area contributed by atoms with Gasteiger partial charge in [-0.25, -0.2) is 4.85 Å². The van der Waals surface area contributed by atoms with E-state index in [1.807, 2.05) is 0 Å². The Morgan fingerprint density at radius 2 is 1.92 bits per heavy atom. The van der Waals surface area contributed by atoms with Crippen molar-refractivity contribution in [3.05, 3.63) is 35.2 Å². The summed E-state index contributed by atoms with van der Waals surface area (Å²) in [7, 11) is 0. The molecule has 134 valence electrons. The first-order valence-electron chi connectivity index (χ1n) is 6.68. The molecule has 1 amide bonds. The summed E-state index contributed by atoms with van der Waals surface area (Å²) in [6.07, 6.45) is -10.3. The molecule has 2 rings (SSSR count). The molecule has 0 aromatic heterocycles. The van der Waals surface area contributed by atoms with Crippen LogP contribution in [0.15, 0.2) is 23.3 Å². The second-order valence-electron chi connectivity index (χ2n) is 5.47. The van der Waals surface area contributed by atoms with Gasteiger partial charge in [0.15, 0.2) is 5.69 Å². The molecule has 0 fully saturated rings. The van der Waals surface area contributed by atoms with Gasteiger partial charge in [0.05, 0.1) is 12.1 Å². The monoisotopic (exact) mass is 364 g/mol. The molecule has 25 heavy (non-hydrogen) atoms. The van der Waals surface area contributed by atoms with Crippen LogP contribution in [-0.4, -0.2) is 23.3 Å². The van der Waals surface area contributed by atoms with Gasteiger partial charge in [-0.2, -0.15) is 31.4 Å². The second-order valence-corrected chi connectivity index (χ2v) is 5.47. The standard InChI is InChI=1S/C14H10F6N4O/c1-12(6-10(23-24-12)14(18,19)20)11(25)22-7-3-4-9(21-2)8(5-7)13(15,16)17/h3-5,24H,6H2,1H3,(H,22,25)/t12-/m1/s1. The van der Waals surface area contributed by atoms with E-state index in [1.54, 1.807) is 0 Å². The number of hydrogen-bond acceptors (Lipinski definition) is 3. The number of hydrazone groups is 1. The Morgan fingerprint density at radius 3 is 2.40 bits per heavy atom. The Bertz CT molecular complexity index is 777. The van der Waals surface area contributed by atoms with Crippen LogP contribution in [0.3, 0.4) is 0 Å². The Hall–Kier alpha value is -2.77. The van der Waals surface area contributed by atoms with Crippen molar-refractivity contribution in [2.75, 3.05) is 5.32 Å². The van der Waals surface area contributed by atoms with Crippen LogP contribution in [0.1, 0.15) is 18.9 Å². The molecule has 0 radical (unpaired) electrons. The summed E-state index contributed by atoms with van der Waals surface area (Å²) in [5, 5.41) is 5.18. The molecule has 2 N–H and O–H groups in total. The normalized spacial score (nSPS) is 20.5. The summed E-state index contributed by atoms with van der Waals surface area (Å²) < 4.78 is 76.5. The lowest BCUT2D eigenvalue weighted by Crippen LogP contribution is -2.48. The number of anilines is 1. The van der Waals surface area contributed by atoms with Gasteiger partial charge in [-0.1, -0.05) is 6.07 Å². The first kappa shape index (κ1) is 18.6. The summed E-state index contributed by atoms with van der Waals surface area (Å²) in [6, 6.07) is 2.48. The maximum absolute atomic E-state index is 12.9. The molecule has 1 aromatic rings. The van der Waals surface area contributed by atoms with E-state index in [0.717, 1.165) is 19.1 Å². The van der Waals surface area contributed by atoms with Gasteiger partial charge in [0.25, 0.3) is 5.91 Å². The minimum atomic E-state index is -4.82. The van der Waals surface area contributed by atoms with E-state index in [9.17, 15) is 31.1 Å². The number of rotatable bonds is 2. The van der Waals surface area contributed by atoms with Crippen LogP contribution in [0.25, 0.3) is 4.85 Å². The van der Waals surface area contributed by atoms with Crippen LogP contribution < -0.4 is 10.7 Å². The average Bonchev–Trinajstić information content (AvgIpc) is 2.90. The highest BCUT2D eigenvalue weighted by molar-refractivity contribution is 6.04. The third kappa shape index (κ3) is 3.84. The SMILES string of the molecule is [C-]#[N+]c1ccc(NC(=O)[C@@]2(C)CC(C(F)(F)F)=NN2)cc1C(F)(F)F. The number of nitrogens with one attached hydrogen (secondary N) is 2. The van der Waals surface area contributed by atoms with E-state index >= 15 is 0 Å². The fourth-order valence-electron chi connectivity index (χ4n) is 2.11. The molecule has 11 heteroatoms. The lowest BCUT2D eigenvalue weighted by molar-refractivity contribution is -0.136. The van der Waals surface area contributed by atoms with Crippen molar-refractivity contribution in [1.29, 1.82) is 0 Å². The molecule has 1 aromatic carbocycles. The number of benzene rings is 1. The minimum absolute atomic E-state index is 0.298. The van der Waals surface area contributed by atoms with E-state index < -0.39 is 47.2 Å². The molecule has 0 unspecified atom stereocenters. The van der Waals surface area contributed by atoms with Gasteiger partial charge in [-0.3, -0.25) is 10.2 Å². The van der Waals surface area contributed by atoms with E-state index in [2.05, 4.69) is 20.7 Å². The number of nitrogens with zero attached hydrogens (tertiary/aromatic N) is 2. The molecular weight excluding hydrogens is 354 g/mol. The lowest BCUT2D eigenvalue weighted by atomic mass is 9.95. The van der Waals surface area contributed by atoms with Gasteiger partial charge in [0, 0.05) is 12.1 Å². The highest BCUT2D eigenvalue weighted by atomic mass is 19.4. The predicted octanol–water partition coefficient (Wildman–Crippen LogP) is 3.86. The lowest BCUT2D eigenvalue weighted by Gasteiger charge is -2.23. The third-order valence-corrected chi connectivity index (χ3v) is 3.47. The van der Waals surface area contributed by atoms with Crippen molar-refractivity contribution in [2.45, 2.75) is 31.2 Å². The van der Waals surface area contributed by atoms with E-state index in [1.165, 1.54) is 0 Å². The Labute approximate surface area is 137 Å². The van der Waals surface area contributed by atoms with Gasteiger partial charge in [-0.15, -0.1) is 0 Å². The number of carbonyl (C=O) groups is 1. The minimum Gasteiger partial charge on any atom is -0.324 e. The summed E-state index contributed by atoms with van der Waals surface area (Å²) in [4.78, 5) is 14.9. The van der Waals surface area contributed by atoms with Gasteiger partial charge in [0.1, 0.15) is 11.3 Å². The average molecular weight is 364 g/mol. The topological polar surface area (TPSA) is 57.9 Å². The molecule has 1 aliphatic heterocycles. The van der Waals surface area contributed by atoms with Crippen LogP contribution >= 0.6 is 0 Å². The number of carbonyl (C=O) groups excluding carboxylic acids is 1. The fraction of sp³-hybridized carbons (Fsp3) is 0.357. The van der Waals surface area contributed by atoms with Gasteiger partial charge in [-0.05, 0) is 19.1 Å². The zero-order valence-corrected chi connectivity index (χ0v) is 12.5. The molecular formula is C14H10F6N4O. The van der Waals surface area contributed by atoms with E-state index in [4.69, 9.17) is 6.57 Å². The molecule has 0 spiro atoms. The largest absolute Gasteiger partial charge is 0.431 e. The number of halogens is 6. The van der Waals surface area contributed by atoms with Crippen LogP contribution in [0, 0.1) is 6.57 Å². The maximum atomic E-state index is 12.9. The molecule has 5 nitrogen and oxygen atoms in total. The van der Waals surface area contributed by atoms with Crippen molar-refractivity contribution in [1.82, 2.24) is 5.43 Å². The van der Waals surface area contributed by atoms with E-state index in [-0.39, 0.29) is 5.69 Å². The highest BCUT2D eigenvalue weighted by Gasteiger charge is 2.48. The third-order valence-electron chi connectivity index (χ3n) is 3.47. The van der Waals surface area contributed by atoms with Crippen molar-refractivity contribution in [3.8, 4) is 0 Å². The number of amides is 1. The molecule has 1 aliphatic rings. The van der Waals surface area contributed by atoms with Crippen LogP contribution in [-0.2, 0) is 11.0 Å². The summed E-state index contributed by atoms with van der Waals surface area (Å²) in [5.41, 5.74) is -3.10. The number of hydrogen-bond donors (Lipinski definition) is 2. The van der Waals surface area contributed by atoms with Gasteiger partial charge >= 0.3 is 12.4 Å². The second kappa shape index (κ2) is 5.94. The molecule has 0 bridgehead atoms.